The first-order chi connectivity index (χ1) is 9.79. The van der Waals surface area contributed by atoms with E-state index in [0.717, 1.165) is 5.56 Å². The van der Waals surface area contributed by atoms with Crippen molar-refractivity contribution < 1.29 is 8.42 Å². The summed E-state index contributed by atoms with van der Waals surface area (Å²) in [5, 5.41) is 0.353. The van der Waals surface area contributed by atoms with Gasteiger partial charge < -0.3 is 5.73 Å². The molecule has 0 atom stereocenters. The van der Waals surface area contributed by atoms with Crippen molar-refractivity contribution in [3.05, 3.63) is 58.6 Å². The van der Waals surface area contributed by atoms with Gasteiger partial charge in [0.2, 0.25) is 0 Å². The smallest absolute Gasteiger partial charge is 0.261 e. The molecular weight excluding hydrogens is 328 g/mol. The van der Waals surface area contributed by atoms with Gasteiger partial charge in [-0.05, 0) is 36.8 Å². The van der Waals surface area contributed by atoms with Gasteiger partial charge in [-0.15, -0.1) is 0 Å². The second kappa shape index (κ2) is 6.01. The summed E-state index contributed by atoms with van der Waals surface area (Å²) in [4.78, 5) is 0.299. The van der Waals surface area contributed by atoms with E-state index in [1.165, 1.54) is 12.1 Å². The summed E-state index contributed by atoms with van der Waals surface area (Å²) < 4.78 is 27.2. The van der Waals surface area contributed by atoms with Crippen LogP contribution in [0.1, 0.15) is 11.1 Å². The third kappa shape index (κ3) is 3.72. The fourth-order valence-electron chi connectivity index (χ4n) is 1.72. The van der Waals surface area contributed by atoms with Crippen LogP contribution in [0.15, 0.2) is 47.4 Å². The van der Waals surface area contributed by atoms with Gasteiger partial charge in [0.15, 0.2) is 0 Å². The van der Waals surface area contributed by atoms with Gasteiger partial charge in [0.25, 0.3) is 10.0 Å². The minimum atomic E-state index is -3.72. The van der Waals surface area contributed by atoms with E-state index >= 15 is 0 Å². The molecular formula is C14H13ClN2O2S2. The minimum absolute atomic E-state index is 0.0927. The Labute approximate surface area is 134 Å². The minimum Gasteiger partial charge on any atom is -0.389 e. The van der Waals surface area contributed by atoms with Crippen molar-refractivity contribution in [1.82, 2.24) is 0 Å². The molecule has 4 nitrogen and oxygen atoms in total. The number of halogens is 1. The van der Waals surface area contributed by atoms with Crippen molar-refractivity contribution in [1.29, 1.82) is 0 Å². The van der Waals surface area contributed by atoms with E-state index in [9.17, 15) is 8.42 Å². The normalized spacial score (nSPS) is 11.1. The van der Waals surface area contributed by atoms with Crippen LogP contribution in [0.3, 0.4) is 0 Å². The predicted octanol–water partition coefficient (Wildman–Crippen LogP) is 3.08. The van der Waals surface area contributed by atoms with Gasteiger partial charge in [-0.1, -0.05) is 42.0 Å². The van der Waals surface area contributed by atoms with Crippen molar-refractivity contribution in [3.63, 3.8) is 0 Å². The highest BCUT2D eigenvalue weighted by atomic mass is 35.5. The molecule has 110 valence electrons. The second-order valence-corrected chi connectivity index (χ2v) is 7.02. The molecule has 2 aromatic carbocycles. The largest absolute Gasteiger partial charge is 0.389 e. The van der Waals surface area contributed by atoms with Crippen LogP contribution in [0.2, 0.25) is 5.02 Å². The zero-order chi connectivity index (χ0) is 15.6. The monoisotopic (exact) mass is 340 g/mol. The van der Waals surface area contributed by atoms with E-state index in [-0.39, 0.29) is 9.88 Å². The molecule has 0 saturated carbocycles. The number of benzene rings is 2. The summed E-state index contributed by atoms with van der Waals surface area (Å²) >= 11 is 10.7. The van der Waals surface area contributed by atoms with Crippen LogP contribution in [0.25, 0.3) is 0 Å². The molecule has 2 rings (SSSR count). The van der Waals surface area contributed by atoms with E-state index in [0.29, 0.717) is 16.3 Å². The highest BCUT2D eigenvalue weighted by molar-refractivity contribution is 7.92. The maximum atomic E-state index is 12.4. The number of hydrogen-bond acceptors (Lipinski definition) is 3. The van der Waals surface area contributed by atoms with Gasteiger partial charge in [-0.2, -0.15) is 0 Å². The van der Waals surface area contributed by atoms with Crippen LogP contribution < -0.4 is 10.5 Å². The number of nitrogens with two attached hydrogens (primary N) is 1. The van der Waals surface area contributed by atoms with E-state index in [4.69, 9.17) is 29.6 Å². The number of nitrogens with one attached hydrogen (secondary N) is 1. The molecule has 21 heavy (non-hydrogen) atoms. The van der Waals surface area contributed by atoms with Crippen LogP contribution >= 0.6 is 23.8 Å². The highest BCUT2D eigenvalue weighted by Gasteiger charge is 2.16. The molecule has 0 unspecified atom stereocenters. The average Bonchev–Trinajstić information content (AvgIpc) is 2.41. The lowest BCUT2D eigenvalue weighted by Gasteiger charge is -2.12. The van der Waals surface area contributed by atoms with Crippen molar-refractivity contribution in [2.75, 3.05) is 4.72 Å². The number of rotatable bonds is 4. The molecule has 0 fully saturated rings. The summed E-state index contributed by atoms with van der Waals surface area (Å²) in [5.41, 5.74) is 7.36. The van der Waals surface area contributed by atoms with Crippen LogP contribution in [0, 0.1) is 6.92 Å². The number of anilines is 1. The zero-order valence-corrected chi connectivity index (χ0v) is 13.5. The summed E-state index contributed by atoms with van der Waals surface area (Å²) in [6, 6.07) is 11.2. The standard InChI is InChI=1S/C14H13ClN2O2S2/c1-9-5-6-10(14(16)20)7-13(9)17-21(18,19)12-4-2-3-11(15)8-12/h2-8,17H,1H3,(H2,16,20). The summed E-state index contributed by atoms with van der Waals surface area (Å²) in [5.74, 6) is 0. The molecule has 0 heterocycles. The lowest BCUT2D eigenvalue weighted by Crippen LogP contribution is -2.15. The quantitative estimate of drug-likeness (QED) is 0.839. The first-order valence-electron chi connectivity index (χ1n) is 5.98. The molecule has 0 aromatic heterocycles. The molecule has 0 aliphatic carbocycles. The third-order valence-corrected chi connectivity index (χ3v) is 4.71. The van der Waals surface area contributed by atoms with E-state index in [1.807, 2.05) is 0 Å². The topological polar surface area (TPSA) is 72.2 Å². The summed E-state index contributed by atoms with van der Waals surface area (Å²) in [7, 11) is -3.72. The van der Waals surface area contributed by atoms with Crippen molar-refractivity contribution in [3.8, 4) is 0 Å². The fourth-order valence-corrected chi connectivity index (χ4v) is 3.27. The molecule has 0 saturated heterocycles. The van der Waals surface area contributed by atoms with Gasteiger partial charge in [0, 0.05) is 10.6 Å². The van der Waals surface area contributed by atoms with Crippen LogP contribution in [0.5, 0.6) is 0 Å². The zero-order valence-electron chi connectivity index (χ0n) is 11.1. The maximum absolute atomic E-state index is 12.4. The first kappa shape index (κ1) is 15.8. The van der Waals surface area contributed by atoms with Crippen molar-refractivity contribution >= 4 is 44.5 Å². The van der Waals surface area contributed by atoms with E-state index in [2.05, 4.69) is 4.72 Å². The van der Waals surface area contributed by atoms with Gasteiger partial charge in [-0.25, -0.2) is 8.42 Å². The average molecular weight is 341 g/mol. The molecule has 0 amide bonds. The number of sulfonamides is 1. The number of hydrogen-bond donors (Lipinski definition) is 2. The molecule has 3 N–H and O–H groups in total. The van der Waals surface area contributed by atoms with E-state index in [1.54, 1.807) is 37.3 Å². The Bertz CT molecular complexity index is 804. The van der Waals surface area contributed by atoms with Gasteiger partial charge in [0.1, 0.15) is 4.99 Å². The first-order valence-corrected chi connectivity index (χ1v) is 8.25. The maximum Gasteiger partial charge on any atom is 0.261 e. The number of aryl methyl sites for hydroxylation is 1. The summed E-state index contributed by atoms with van der Waals surface area (Å²) in [6.45, 7) is 1.79. The molecule has 0 aliphatic heterocycles. The Hall–Kier alpha value is -1.63. The molecule has 0 spiro atoms. The Morgan fingerprint density at radius 1 is 1.24 bits per heavy atom. The van der Waals surface area contributed by atoms with E-state index < -0.39 is 10.0 Å². The third-order valence-electron chi connectivity index (χ3n) is 2.87. The Kier molecular flexibility index (Phi) is 4.51. The SMILES string of the molecule is Cc1ccc(C(N)=S)cc1NS(=O)(=O)c1cccc(Cl)c1. The predicted molar refractivity (Wildman–Crippen MR) is 89.3 cm³/mol. The molecule has 2 aromatic rings. The fraction of sp³-hybridized carbons (Fsp3) is 0.0714. The Morgan fingerprint density at radius 2 is 1.95 bits per heavy atom. The molecule has 0 bridgehead atoms. The van der Waals surface area contributed by atoms with Gasteiger partial charge in [0.05, 0.1) is 10.6 Å². The highest BCUT2D eigenvalue weighted by Crippen LogP contribution is 2.22. The van der Waals surface area contributed by atoms with Crippen molar-refractivity contribution in [2.24, 2.45) is 5.73 Å². The van der Waals surface area contributed by atoms with Crippen LogP contribution in [0.4, 0.5) is 5.69 Å². The second-order valence-electron chi connectivity index (χ2n) is 4.46. The Balaban J connectivity index is 2.41. The molecule has 0 aliphatic rings. The van der Waals surface area contributed by atoms with Gasteiger partial charge in [-0.3, -0.25) is 4.72 Å². The van der Waals surface area contributed by atoms with Crippen LogP contribution in [-0.2, 0) is 10.0 Å². The van der Waals surface area contributed by atoms with Gasteiger partial charge >= 0.3 is 0 Å². The van der Waals surface area contributed by atoms with Crippen molar-refractivity contribution in [2.45, 2.75) is 11.8 Å². The molecule has 0 radical (unpaired) electrons. The molecule has 7 heteroatoms. The lowest BCUT2D eigenvalue weighted by molar-refractivity contribution is 0.601. The number of thiocarbonyl (C=S) groups is 1. The lowest BCUT2D eigenvalue weighted by atomic mass is 10.1. The summed E-state index contributed by atoms with van der Waals surface area (Å²) in [6.07, 6.45) is 0. The van der Waals surface area contributed by atoms with Crippen LogP contribution in [-0.4, -0.2) is 13.4 Å². The Morgan fingerprint density at radius 3 is 2.57 bits per heavy atom.